The fourth-order valence-electron chi connectivity index (χ4n) is 2.38. The summed E-state index contributed by atoms with van der Waals surface area (Å²) in [4.78, 5) is 25.0. The van der Waals surface area contributed by atoms with Gasteiger partial charge in [-0.3, -0.25) is 9.59 Å². The molecule has 2 aromatic rings. The smallest absolute Gasteiger partial charge is 0.240 e. The molecule has 0 unspecified atom stereocenters. The van der Waals surface area contributed by atoms with Crippen LogP contribution in [0.1, 0.15) is 12.8 Å². The summed E-state index contributed by atoms with van der Waals surface area (Å²) in [5.74, 6) is -3.24. The van der Waals surface area contributed by atoms with Gasteiger partial charge in [0.05, 0.1) is 15.7 Å². The lowest BCUT2D eigenvalue weighted by Gasteiger charge is -2.17. The van der Waals surface area contributed by atoms with Crippen molar-refractivity contribution >= 4 is 46.4 Å². The first-order valence-corrected chi connectivity index (χ1v) is 8.12. The first kappa shape index (κ1) is 17.6. The van der Waals surface area contributed by atoms with Crippen LogP contribution in [-0.4, -0.2) is 11.8 Å². The highest BCUT2D eigenvalue weighted by molar-refractivity contribution is 6.40. The fourth-order valence-corrected chi connectivity index (χ4v) is 2.87. The number of nitrogens with one attached hydrogen (secondary N) is 2. The van der Waals surface area contributed by atoms with E-state index in [-0.39, 0.29) is 28.6 Å². The Kier molecular flexibility index (Phi) is 4.67. The summed E-state index contributed by atoms with van der Waals surface area (Å²) in [7, 11) is 0. The summed E-state index contributed by atoms with van der Waals surface area (Å²) in [6, 6.07) is 7.90. The van der Waals surface area contributed by atoms with Gasteiger partial charge in [-0.2, -0.15) is 0 Å². The van der Waals surface area contributed by atoms with E-state index in [4.69, 9.17) is 23.2 Å². The third-order valence-corrected chi connectivity index (χ3v) is 4.65. The molecule has 4 nitrogen and oxygen atoms in total. The summed E-state index contributed by atoms with van der Waals surface area (Å²) in [6.07, 6.45) is 0.506. The predicted molar refractivity (Wildman–Crippen MR) is 91.7 cm³/mol. The first-order valence-electron chi connectivity index (χ1n) is 7.36. The van der Waals surface area contributed by atoms with Crippen LogP contribution >= 0.6 is 23.2 Å². The van der Waals surface area contributed by atoms with Crippen molar-refractivity contribution in [3.63, 3.8) is 0 Å². The Morgan fingerprint density at radius 3 is 1.76 bits per heavy atom. The minimum absolute atomic E-state index is 0.187. The van der Waals surface area contributed by atoms with Gasteiger partial charge in [0.1, 0.15) is 22.7 Å². The SMILES string of the molecule is O=C(Nc1c(F)cccc1F)C1(C(=O)Nc2c(Cl)cccc2Cl)CC1. The molecule has 3 rings (SSSR count). The second-order valence-electron chi connectivity index (χ2n) is 5.68. The highest BCUT2D eigenvalue weighted by Gasteiger charge is 2.57. The van der Waals surface area contributed by atoms with Crippen molar-refractivity contribution in [1.82, 2.24) is 0 Å². The number of benzene rings is 2. The normalized spacial score (nSPS) is 14.7. The molecule has 2 aromatic carbocycles. The van der Waals surface area contributed by atoms with Gasteiger partial charge in [0.2, 0.25) is 11.8 Å². The summed E-state index contributed by atoms with van der Waals surface area (Å²) < 4.78 is 27.4. The van der Waals surface area contributed by atoms with E-state index in [9.17, 15) is 18.4 Å². The Balaban J connectivity index is 1.80. The molecule has 1 aliphatic rings. The largest absolute Gasteiger partial charge is 0.323 e. The van der Waals surface area contributed by atoms with Gasteiger partial charge in [-0.05, 0) is 37.1 Å². The van der Waals surface area contributed by atoms with Crippen molar-refractivity contribution in [2.45, 2.75) is 12.8 Å². The van der Waals surface area contributed by atoms with Crippen molar-refractivity contribution < 1.29 is 18.4 Å². The van der Waals surface area contributed by atoms with Gasteiger partial charge >= 0.3 is 0 Å². The van der Waals surface area contributed by atoms with Gasteiger partial charge in [-0.1, -0.05) is 35.3 Å². The Labute approximate surface area is 152 Å². The van der Waals surface area contributed by atoms with Crippen LogP contribution in [-0.2, 0) is 9.59 Å². The fraction of sp³-hybridized carbons (Fsp3) is 0.176. The first-order chi connectivity index (χ1) is 11.8. The molecule has 0 atom stereocenters. The Bertz CT molecular complexity index is 762. The predicted octanol–water partition coefficient (Wildman–Crippen LogP) is 4.63. The summed E-state index contributed by atoms with van der Waals surface area (Å²) in [5, 5.41) is 5.13. The summed E-state index contributed by atoms with van der Waals surface area (Å²) in [6.45, 7) is 0. The molecule has 0 aromatic heterocycles. The number of amides is 2. The number of anilines is 2. The van der Waals surface area contributed by atoms with E-state index in [0.717, 1.165) is 12.1 Å². The number of hydrogen-bond donors (Lipinski definition) is 2. The number of carbonyl (C=O) groups excluding carboxylic acids is 2. The molecule has 0 radical (unpaired) electrons. The van der Waals surface area contributed by atoms with Crippen LogP contribution in [0.5, 0.6) is 0 Å². The maximum Gasteiger partial charge on any atom is 0.240 e. The third kappa shape index (κ3) is 3.32. The molecule has 2 N–H and O–H groups in total. The van der Waals surface area contributed by atoms with E-state index in [2.05, 4.69) is 10.6 Å². The van der Waals surface area contributed by atoms with E-state index < -0.39 is 34.6 Å². The van der Waals surface area contributed by atoms with Crippen LogP contribution in [0.2, 0.25) is 10.0 Å². The molecule has 25 heavy (non-hydrogen) atoms. The average Bonchev–Trinajstić information content (AvgIpc) is 3.36. The molecule has 1 aliphatic carbocycles. The van der Waals surface area contributed by atoms with Gasteiger partial charge in [0.15, 0.2) is 0 Å². The van der Waals surface area contributed by atoms with E-state index in [1.54, 1.807) is 6.07 Å². The molecule has 8 heteroatoms. The maximum absolute atomic E-state index is 13.7. The lowest BCUT2D eigenvalue weighted by Crippen LogP contribution is -2.36. The van der Waals surface area contributed by atoms with E-state index >= 15 is 0 Å². The van der Waals surface area contributed by atoms with Gasteiger partial charge in [0, 0.05) is 0 Å². The number of carbonyl (C=O) groups is 2. The van der Waals surface area contributed by atoms with Crippen molar-refractivity contribution in [1.29, 1.82) is 0 Å². The van der Waals surface area contributed by atoms with Crippen LogP contribution in [0, 0.1) is 17.0 Å². The third-order valence-electron chi connectivity index (χ3n) is 4.02. The topological polar surface area (TPSA) is 58.2 Å². The molecule has 1 saturated carbocycles. The van der Waals surface area contributed by atoms with Crippen molar-refractivity contribution in [3.05, 3.63) is 58.1 Å². The van der Waals surface area contributed by atoms with E-state index in [1.165, 1.54) is 18.2 Å². The summed E-state index contributed by atoms with van der Waals surface area (Å²) >= 11 is 12.0. The number of rotatable bonds is 4. The summed E-state index contributed by atoms with van der Waals surface area (Å²) in [5.41, 5.74) is -1.80. The van der Waals surface area contributed by atoms with Gasteiger partial charge in [-0.15, -0.1) is 0 Å². The molecule has 1 fully saturated rings. The monoisotopic (exact) mass is 384 g/mol. The number of para-hydroxylation sites is 2. The zero-order valence-electron chi connectivity index (χ0n) is 12.7. The van der Waals surface area contributed by atoms with Crippen molar-refractivity contribution in [3.8, 4) is 0 Å². The van der Waals surface area contributed by atoms with Gasteiger partial charge < -0.3 is 10.6 Å². The highest BCUT2D eigenvalue weighted by Crippen LogP contribution is 2.48. The van der Waals surface area contributed by atoms with Crippen LogP contribution < -0.4 is 10.6 Å². The number of halogens is 4. The Morgan fingerprint density at radius 2 is 1.28 bits per heavy atom. The molecule has 0 aliphatic heterocycles. The molecule has 0 spiro atoms. The highest BCUT2D eigenvalue weighted by atomic mass is 35.5. The van der Waals surface area contributed by atoms with E-state index in [0.29, 0.717) is 0 Å². The molecule has 2 amide bonds. The van der Waals surface area contributed by atoms with Gasteiger partial charge in [0.25, 0.3) is 0 Å². The maximum atomic E-state index is 13.7. The van der Waals surface area contributed by atoms with Crippen molar-refractivity contribution in [2.24, 2.45) is 5.41 Å². The molecule has 0 heterocycles. The van der Waals surface area contributed by atoms with Crippen LogP contribution in [0.15, 0.2) is 36.4 Å². The van der Waals surface area contributed by atoms with E-state index in [1.807, 2.05) is 0 Å². The minimum Gasteiger partial charge on any atom is -0.323 e. The molecule has 0 saturated heterocycles. The standard InChI is InChI=1S/C17H12Cl2F2N2O2/c18-9-3-1-4-10(19)13(9)22-15(24)17(7-8-17)16(25)23-14-11(20)5-2-6-12(14)21/h1-6H,7-8H2,(H,22,24)(H,23,25). The zero-order chi connectivity index (χ0) is 18.2. The molecular formula is C17H12Cl2F2N2O2. The lowest BCUT2D eigenvalue weighted by molar-refractivity contribution is -0.131. The Morgan fingerprint density at radius 1 is 0.840 bits per heavy atom. The number of hydrogen-bond acceptors (Lipinski definition) is 2. The minimum atomic E-state index is -1.41. The van der Waals surface area contributed by atoms with Crippen LogP contribution in [0.3, 0.4) is 0 Å². The average molecular weight is 385 g/mol. The molecule has 130 valence electrons. The van der Waals surface area contributed by atoms with Crippen LogP contribution in [0.4, 0.5) is 20.2 Å². The lowest BCUT2D eigenvalue weighted by atomic mass is 10.0. The quantitative estimate of drug-likeness (QED) is 0.755. The second kappa shape index (κ2) is 6.61. The van der Waals surface area contributed by atoms with Crippen LogP contribution in [0.25, 0.3) is 0 Å². The zero-order valence-corrected chi connectivity index (χ0v) is 14.2. The molecular weight excluding hydrogens is 373 g/mol. The Hall–Kier alpha value is -2.18. The molecule has 0 bridgehead atoms. The van der Waals surface area contributed by atoms with Gasteiger partial charge in [-0.25, -0.2) is 8.78 Å². The van der Waals surface area contributed by atoms with Crippen molar-refractivity contribution in [2.75, 3.05) is 10.6 Å². The second-order valence-corrected chi connectivity index (χ2v) is 6.50.